The summed E-state index contributed by atoms with van der Waals surface area (Å²) < 4.78 is 68.5. The van der Waals surface area contributed by atoms with Crippen LogP contribution in [-0.2, 0) is 34.0 Å². The molecule has 29 heavy (non-hydrogen) atoms. The van der Waals surface area contributed by atoms with Crippen LogP contribution < -0.4 is 4.72 Å². The van der Waals surface area contributed by atoms with Crippen molar-refractivity contribution >= 4 is 16.0 Å². The highest BCUT2D eigenvalue weighted by molar-refractivity contribution is 7.89. The van der Waals surface area contributed by atoms with Crippen molar-refractivity contribution in [3.8, 4) is 12.3 Å². The van der Waals surface area contributed by atoms with E-state index in [1.807, 2.05) is 5.92 Å². The molecule has 0 saturated heterocycles. The van der Waals surface area contributed by atoms with Gasteiger partial charge in [-0.25, -0.2) is 13.1 Å². The third-order valence-electron chi connectivity index (χ3n) is 4.56. The van der Waals surface area contributed by atoms with E-state index < -0.39 is 38.7 Å². The molecular formula is C18H16F3N3O4S. The summed E-state index contributed by atoms with van der Waals surface area (Å²) in [5, 5.41) is 12.9. The predicted octanol–water partition coefficient (Wildman–Crippen LogP) is 2.32. The van der Waals surface area contributed by atoms with Crippen molar-refractivity contribution in [2.45, 2.75) is 42.9 Å². The Morgan fingerprint density at radius 1 is 1.38 bits per heavy atom. The van der Waals surface area contributed by atoms with Gasteiger partial charge in [-0.1, -0.05) is 5.92 Å². The zero-order chi connectivity index (χ0) is 21.4. The Bertz CT molecular complexity index is 1100. The number of fused-ring (bicyclic) bond motifs is 1. The molecule has 1 atom stereocenters. The van der Waals surface area contributed by atoms with E-state index in [1.165, 1.54) is 10.9 Å². The highest BCUT2D eigenvalue weighted by atomic mass is 32.2. The van der Waals surface area contributed by atoms with Crippen LogP contribution in [0.15, 0.2) is 29.3 Å². The number of nitrogens with one attached hydrogen (secondary N) is 1. The number of hydrogen-bond acceptors (Lipinski definition) is 4. The van der Waals surface area contributed by atoms with Gasteiger partial charge in [0.15, 0.2) is 0 Å². The van der Waals surface area contributed by atoms with E-state index >= 15 is 0 Å². The molecule has 0 fully saturated rings. The first-order chi connectivity index (χ1) is 13.5. The lowest BCUT2D eigenvalue weighted by molar-refractivity contribution is -0.138. The van der Waals surface area contributed by atoms with Gasteiger partial charge in [0.1, 0.15) is 6.54 Å². The van der Waals surface area contributed by atoms with Crippen LogP contribution in [0.25, 0.3) is 0 Å². The summed E-state index contributed by atoms with van der Waals surface area (Å²) in [4.78, 5) is 10.3. The van der Waals surface area contributed by atoms with Crippen LogP contribution in [0.2, 0.25) is 0 Å². The van der Waals surface area contributed by atoms with Gasteiger partial charge in [0.25, 0.3) is 0 Å². The quantitative estimate of drug-likeness (QED) is 0.714. The van der Waals surface area contributed by atoms with Gasteiger partial charge in [-0.3, -0.25) is 9.48 Å². The number of nitrogens with zero attached hydrogens (tertiary/aromatic N) is 2. The lowest BCUT2D eigenvalue weighted by atomic mass is 9.94. The standard InChI is InChI=1S/C18H16F3N3O4S/c1-2-11-6-12(18(19,20)21)8-13(7-11)29(27,28)23-15-4-3-5-16-14(15)9-22-24(16)10-17(25)26/h1,6-9,15,23H,3-5,10H2,(H,25,26). The molecule has 11 heteroatoms. The van der Waals surface area contributed by atoms with Gasteiger partial charge >= 0.3 is 12.1 Å². The van der Waals surface area contributed by atoms with Crippen LogP contribution in [0.1, 0.15) is 41.3 Å². The number of terminal acetylenes is 1. The maximum atomic E-state index is 13.1. The fourth-order valence-electron chi connectivity index (χ4n) is 3.26. The Hall–Kier alpha value is -2.84. The average Bonchev–Trinajstić information content (AvgIpc) is 3.03. The van der Waals surface area contributed by atoms with Crippen molar-refractivity contribution in [1.29, 1.82) is 0 Å². The van der Waals surface area contributed by atoms with Gasteiger partial charge < -0.3 is 5.11 Å². The lowest BCUT2D eigenvalue weighted by Gasteiger charge is -2.24. The van der Waals surface area contributed by atoms with Gasteiger partial charge in [-0.2, -0.15) is 18.3 Å². The van der Waals surface area contributed by atoms with Gasteiger partial charge in [0, 0.05) is 16.8 Å². The zero-order valence-corrected chi connectivity index (χ0v) is 15.7. The Morgan fingerprint density at radius 3 is 2.72 bits per heavy atom. The van der Waals surface area contributed by atoms with Gasteiger partial charge in [0.2, 0.25) is 10.0 Å². The van der Waals surface area contributed by atoms with Crippen molar-refractivity contribution in [3.05, 3.63) is 46.8 Å². The molecule has 1 heterocycles. The second kappa shape index (κ2) is 7.53. The number of halogens is 3. The van der Waals surface area contributed by atoms with Crippen LogP contribution in [0.4, 0.5) is 13.2 Å². The maximum Gasteiger partial charge on any atom is 0.416 e. The molecule has 154 valence electrons. The number of aromatic nitrogens is 2. The summed E-state index contributed by atoms with van der Waals surface area (Å²) in [6.07, 6.45) is 3.27. The predicted molar refractivity (Wildman–Crippen MR) is 95.2 cm³/mol. The van der Waals surface area contributed by atoms with Crippen molar-refractivity contribution in [2.75, 3.05) is 0 Å². The minimum absolute atomic E-state index is 0.209. The van der Waals surface area contributed by atoms with Gasteiger partial charge in [0.05, 0.1) is 22.7 Å². The third kappa shape index (κ3) is 4.44. The fraction of sp³-hybridized carbons (Fsp3) is 0.333. The number of carboxylic acid groups (broad SMARTS) is 1. The molecular weight excluding hydrogens is 411 g/mol. The molecule has 1 aliphatic rings. The molecule has 0 aliphatic heterocycles. The Kier molecular flexibility index (Phi) is 5.42. The molecule has 0 saturated carbocycles. The lowest BCUT2D eigenvalue weighted by Crippen LogP contribution is -2.31. The van der Waals surface area contributed by atoms with Gasteiger partial charge in [-0.05, 0) is 37.5 Å². The minimum Gasteiger partial charge on any atom is -0.480 e. The largest absolute Gasteiger partial charge is 0.480 e. The topological polar surface area (TPSA) is 101 Å². The number of aliphatic carboxylic acids is 1. The van der Waals surface area contributed by atoms with Crippen LogP contribution in [0, 0.1) is 12.3 Å². The first kappa shape index (κ1) is 20.9. The summed E-state index contributed by atoms with van der Waals surface area (Å²) in [6, 6.07) is 1.49. The minimum atomic E-state index is -4.76. The highest BCUT2D eigenvalue weighted by Gasteiger charge is 2.34. The summed E-state index contributed by atoms with van der Waals surface area (Å²) >= 11 is 0. The maximum absolute atomic E-state index is 13.1. The second-order valence-electron chi connectivity index (χ2n) is 6.55. The van der Waals surface area contributed by atoms with E-state index in [-0.39, 0.29) is 12.1 Å². The summed E-state index contributed by atoms with van der Waals surface area (Å²) in [6.45, 7) is -0.367. The van der Waals surface area contributed by atoms with Crippen molar-refractivity contribution < 1.29 is 31.5 Å². The van der Waals surface area contributed by atoms with Crippen molar-refractivity contribution in [1.82, 2.24) is 14.5 Å². The number of alkyl halides is 3. The summed E-state index contributed by atoms with van der Waals surface area (Å²) in [5.41, 5.74) is -0.282. The SMILES string of the molecule is C#Cc1cc(C(F)(F)F)cc(S(=O)(=O)NC2CCCc3c2cnn3CC(=O)O)c1. The fourth-order valence-corrected chi connectivity index (χ4v) is 4.58. The Labute approximate surface area is 164 Å². The van der Waals surface area contributed by atoms with Crippen LogP contribution in [0.5, 0.6) is 0 Å². The normalized spacial score (nSPS) is 16.8. The molecule has 1 aromatic carbocycles. The monoisotopic (exact) mass is 427 g/mol. The molecule has 0 amide bonds. The van der Waals surface area contributed by atoms with Crippen molar-refractivity contribution in [3.63, 3.8) is 0 Å². The number of carboxylic acids is 1. The van der Waals surface area contributed by atoms with E-state index in [4.69, 9.17) is 11.5 Å². The average molecular weight is 427 g/mol. The Morgan fingerprint density at radius 2 is 2.10 bits per heavy atom. The number of hydrogen-bond donors (Lipinski definition) is 2. The molecule has 1 aliphatic carbocycles. The van der Waals surface area contributed by atoms with Crippen LogP contribution >= 0.6 is 0 Å². The van der Waals surface area contributed by atoms with E-state index in [0.29, 0.717) is 42.7 Å². The molecule has 7 nitrogen and oxygen atoms in total. The number of sulfonamides is 1. The number of rotatable bonds is 5. The molecule has 1 unspecified atom stereocenters. The second-order valence-corrected chi connectivity index (χ2v) is 8.27. The molecule has 1 aromatic heterocycles. The number of carbonyl (C=O) groups is 1. The summed E-state index contributed by atoms with van der Waals surface area (Å²) in [5.74, 6) is 0.938. The van der Waals surface area contributed by atoms with E-state index in [2.05, 4.69) is 9.82 Å². The van der Waals surface area contributed by atoms with E-state index in [9.17, 15) is 26.4 Å². The Balaban J connectivity index is 1.95. The highest BCUT2D eigenvalue weighted by Crippen LogP contribution is 2.34. The first-order valence-electron chi connectivity index (χ1n) is 8.49. The number of benzene rings is 1. The van der Waals surface area contributed by atoms with E-state index in [0.717, 1.165) is 6.07 Å². The molecule has 0 bridgehead atoms. The zero-order valence-electron chi connectivity index (χ0n) is 14.9. The summed E-state index contributed by atoms with van der Waals surface area (Å²) in [7, 11) is -4.33. The van der Waals surface area contributed by atoms with Crippen molar-refractivity contribution in [2.24, 2.45) is 0 Å². The van der Waals surface area contributed by atoms with Crippen LogP contribution in [-0.4, -0.2) is 29.3 Å². The molecule has 2 N–H and O–H groups in total. The molecule has 2 aromatic rings. The van der Waals surface area contributed by atoms with Gasteiger partial charge in [-0.15, -0.1) is 6.42 Å². The smallest absolute Gasteiger partial charge is 0.416 e. The molecule has 3 rings (SSSR count). The van der Waals surface area contributed by atoms with Crippen LogP contribution in [0.3, 0.4) is 0 Å². The molecule has 0 radical (unpaired) electrons. The third-order valence-corrected chi connectivity index (χ3v) is 6.01. The van der Waals surface area contributed by atoms with E-state index in [1.54, 1.807) is 0 Å². The first-order valence-corrected chi connectivity index (χ1v) is 9.97. The molecule has 0 spiro atoms.